The predicted octanol–water partition coefficient (Wildman–Crippen LogP) is 3.43. The van der Waals surface area contributed by atoms with Crippen LogP contribution in [0.4, 0.5) is 0 Å². The molecule has 82 valence electrons. The van der Waals surface area contributed by atoms with Crippen LogP contribution < -0.4 is 0 Å². The van der Waals surface area contributed by atoms with Crippen LogP contribution in [-0.4, -0.2) is 16.9 Å². The number of ether oxygens (including phenoxy) is 1. The summed E-state index contributed by atoms with van der Waals surface area (Å²) in [5, 5.41) is 0. The van der Waals surface area contributed by atoms with Gasteiger partial charge >= 0.3 is 5.97 Å². The largest absolute Gasteiger partial charge is 0.460 e. The molecule has 0 aromatic heterocycles. The monoisotopic (exact) mass is 262 g/mol. The van der Waals surface area contributed by atoms with Gasteiger partial charge < -0.3 is 4.74 Å². The van der Waals surface area contributed by atoms with Gasteiger partial charge in [-0.2, -0.15) is 0 Å². The lowest BCUT2D eigenvalue weighted by atomic mass is 10.0. The highest BCUT2D eigenvalue weighted by Gasteiger charge is 2.33. The summed E-state index contributed by atoms with van der Waals surface area (Å²) in [6.07, 6.45) is 8.38. The van der Waals surface area contributed by atoms with Gasteiger partial charge in [0.1, 0.15) is 6.10 Å². The van der Waals surface area contributed by atoms with Crippen LogP contribution in [0.15, 0.2) is 0 Å². The summed E-state index contributed by atoms with van der Waals surface area (Å²) < 4.78 is 4.99. The standard InChI is InChI=1S/C11H19BrO2/c1-2-3-4-5-6-7-9(12)10-8-11(13)14-10/h9-10H,2-8H2,1H3. The van der Waals surface area contributed by atoms with E-state index in [0.29, 0.717) is 11.2 Å². The van der Waals surface area contributed by atoms with Crippen LogP contribution in [0.3, 0.4) is 0 Å². The minimum atomic E-state index is -0.0505. The predicted molar refractivity (Wildman–Crippen MR) is 60.6 cm³/mol. The van der Waals surface area contributed by atoms with Crippen LogP contribution in [0.2, 0.25) is 0 Å². The molecule has 1 fully saturated rings. The fourth-order valence-corrected chi connectivity index (χ4v) is 2.27. The zero-order valence-electron chi connectivity index (χ0n) is 8.80. The third kappa shape index (κ3) is 3.99. The highest BCUT2D eigenvalue weighted by atomic mass is 79.9. The normalized spacial score (nSPS) is 22.7. The van der Waals surface area contributed by atoms with Crippen LogP contribution in [0.25, 0.3) is 0 Å². The van der Waals surface area contributed by atoms with Crippen molar-refractivity contribution in [2.45, 2.75) is 62.8 Å². The summed E-state index contributed by atoms with van der Waals surface area (Å²) in [5.74, 6) is -0.0505. The Morgan fingerprint density at radius 3 is 2.64 bits per heavy atom. The van der Waals surface area contributed by atoms with Crippen molar-refractivity contribution in [3.05, 3.63) is 0 Å². The molecule has 0 radical (unpaired) electrons. The maximum atomic E-state index is 10.6. The molecule has 3 heteroatoms. The number of hydrogen-bond acceptors (Lipinski definition) is 2. The summed E-state index contributed by atoms with van der Waals surface area (Å²) in [7, 11) is 0. The van der Waals surface area contributed by atoms with E-state index in [1.54, 1.807) is 0 Å². The van der Waals surface area contributed by atoms with Crippen molar-refractivity contribution < 1.29 is 9.53 Å². The van der Waals surface area contributed by atoms with Crippen LogP contribution in [-0.2, 0) is 9.53 Å². The van der Waals surface area contributed by atoms with Gasteiger partial charge in [0.25, 0.3) is 0 Å². The van der Waals surface area contributed by atoms with Crippen LogP contribution in [0.5, 0.6) is 0 Å². The molecule has 0 amide bonds. The van der Waals surface area contributed by atoms with Crippen molar-refractivity contribution in [2.75, 3.05) is 0 Å². The van der Waals surface area contributed by atoms with E-state index in [4.69, 9.17) is 4.74 Å². The summed E-state index contributed by atoms with van der Waals surface area (Å²) >= 11 is 3.57. The molecule has 0 bridgehead atoms. The van der Waals surface area contributed by atoms with Gasteiger partial charge in [-0.15, -0.1) is 0 Å². The average molecular weight is 263 g/mol. The number of carbonyl (C=O) groups is 1. The number of carbonyl (C=O) groups excluding carboxylic acids is 1. The lowest BCUT2D eigenvalue weighted by Gasteiger charge is -2.29. The second-order valence-electron chi connectivity index (χ2n) is 3.95. The molecule has 0 aliphatic carbocycles. The topological polar surface area (TPSA) is 26.3 Å². The number of rotatable bonds is 7. The van der Waals surface area contributed by atoms with E-state index in [2.05, 4.69) is 22.9 Å². The Hall–Kier alpha value is -0.0500. The van der Waals surface area contributed by atoms with Gasteiger partial charge in [0.2, 0.25) is 0 Å². The molecule has 1 rings (SSSR count). The van der Waals surface area contributed by atoms with Crippen molar-refractivity contribution in [2.24, 2.45) is 0 Å². The van der Waals surface area contributed by atoms with Crippen LogP contribution >= 0.6 is 15.9 Å². The zero-order chi connectivity index (χ0) is 10.4. The third-order valence-electron chi connectivity index (χ3n) is 2.64. The molecule has 14 heavy (non-hydrogen) atoms. The van der Waals surface area contributed by atoms with Gasteiger partial charge in [0.15, 0.2) is 0 Å². The van der Waals surface area contributed by atoms with Crippen molar-refractivity contribution in [1.29, 1.82) is 0 Å². The first kappa shape index (κ1) is 12.0. The van der Waals surface area contributed by atoms with E-state index in [1.165, 1.54) is 32.1 Å². The van der Waals surface area contributed by atoms with Crippen molar-refractivity contribution in [3.63, 3.8) is 0 Å². The van der Waals surface area contributed by atoms with E-state index in [0.717, 1.165) is 6.42 Å². The Morgan fingerprint density at radius 1 is 1.43 bits per heavy atom. The molecule has 1 heterocycles. The Kier molecular flexibility index (Phi) is 5.53. The van der Waals surface area contributed by atoms with Crippen molar-refractivity contribution in [1.82, 2.24) is 0 Å². The molecular weight excluding hydrogens is 244 g/mol. The van der Waals surface area contributed by atoms with Gasteiger partial charge in [-0.3, -0.25) is 4.79 Å². The van der Waals surface area contributed by atoms with E-state index >= 15 is 0 Å². The number of hydrogen-bond donors (Lipinski definition) is 0. The first-order chi connectivity index (χ1) is 6.74. The Labute approximate surface area is 94.5 Å². The number of halogens is 1. The number of esters is 1. The van der Waals surface area contributed by atoms with Gasteiger partial charge in [0, 0.05) is 0 Å². The van der Waals surface area contributed by atoms with Gasteiger partial charge in [-0.25, -0.2) is 0 Å². The molecule has 0 aromatic rings. The van der Waals surface area contributed by atoms with Gasteiger partial charge in [-0.05, 0) is 6.42 Å². The molecule has 2 atom stereocenters. The molecule has 2 unspecified atom stereocenters. The Bertz CT molecular complexity index is 174. The first-order valence-corrected chi connectivity index (χ1v) is 6.49. The number of unbranched alkanes of at least 4 members (excludes halogenated alkanes) is 4. The Balaban J connectivity index is 1.93. The molecule has 0 spiro atoms. The summed E-state index contributed by atoms with van der Waals surface area (Å²) in [5.41, 5.74) is 0. The lowest BCUT2D eigenvalue weighted by molar-refractivity contribution is -0.169. The maximum absolute atomic E-state index is 10.6. The summed E-state index contributed by atoms with van der Waals surface area (Å²) in [4.78, 5) is 11.0. The second kappa shape index (κ2) is 6.44. The highest BCUT2D eigenvalue weighted by Crippen LogP contribution is 2.26. The number of cyclic esters (lactones) is 1. The number of alkyl halides is 1. The molecular formula is C11H19BrO2. The van der Waals surface area contributed by atoms with Crippen LogP contribution in [0, 0.1) is 0 Å². The minimum absolute atomic E-state index is 0.0505. The van der Waals surface area contributed by atoms with E-state index in [-0.39, 0.29) is 12.1 Å². The van der Waals surface area contributed by atoms with E-state index in [9.17, 15) is 4.79 Å². The highest BCUT2D eigenvalue weighted by molar-refractivity contribution is 9.09. The van der Waals surface area contributed by atoms with Gasteiger partial charge in [-0.1, -0.05) is 55.0 Å². The van der Waals surface area contributed by atoms with Crippen molar-refractivity contribution >= 4 is 21.9 Å². The zero-order valence-corrected chi connectivity index (χ0v) is 10.4. The lowest BCUT2D eigenvalue weighted by Crippen LogP contribution is -2.39. The van der Waals surface area contributed by atoms with Gasteiger partial charge in [0.05, 0.1) is 11.2 Å². The van der Waals surface area contributed by atoms with Crippen LogP contribution in [0.1, 0.15) is 51.9 Å². The molecule has 1 aliphatic heterocycles. The SMILES string of the molecule is CCCCCCCC(Br)C1CC(=O)O1. The van der Waals surface area contributed by atoms with E-state index in [1.807, 2.05) is 0 Å². The second-order valence-corrected chi connectivity index (χ2v) is 5.13. The summed E-state index contributed by atoms with van der Waals surface area (Å²) in [6.45, 7) is 2.22. The maximum Gasteiger partial charge on any atom is 0.309 e. The van der Waals surface area contributed by atoms with E-state index < -0.39 is 0 Å². The average Bonchev–Trinajstić information content (AvgIpc) is 2.12. The molecule has 0 saturated carbocycles. The fraction of sp³-hybridized carbons (Fsp3) is 0.909. The Morgan fingerprint density at radius 2 is 2.07 bits per heavy atom. The fourth-order valence-electron chi connectivity index (χ4n) is 1.65. The van der Waals surface area contributed by atoms with Crippen molar-refractivity contribution in [3.8, 4) is 0 Å². The molecule has 0 N–H and O–H groups in total. The molecule has 1 saturated heterocycles. The molecule has 0 aromatic carbocycles. The first-order valence-electron chi connectivity index (χ1n) is 5.57. The smallest absolute Gasteiger partial charge is 0.309 e. The third-order valence-corrected chi connectivity index (χ3v) is 3.69. The quantitative estimate of drug-likeness (QED) is 0.399. The molecule has 1 aliphatic rings. The minimum Gasteiger partial charge on any atom is -0.460 e. The molecule has 2 nitrogen and oxygen atoms in total. The summed E-state index contributed by atoms with van der Waals surface area (Å²) in [6, 6.07) is 0.